The maximum atomic E-state index is 14.9. The van der Waals surface area contributed by atoms with Crippen LogP contribution in [-0.2, 0) is 6.42 Å². The topological polar surface area (TPSA) is 103 Å². The monoisotopic (exact) mass is 452 g/mol. The van der Waals surface area contributed by atoms with E-state index in [1.807, 2.05) is 6.07 Å². The van der Waals surface area contributed by atoms with Crippen LogP contribution in [0.25, 0.3) is 0 Å². The van der Waals surface area contributed by atoms with Crippen LogP contribution < -0.4 is 10.5 Å². The van der Waals surface area contributed by atoms with Crippen molar-refractivity contribution in [3.63, 3.8) is 0 Å². The van der Waals surface area contributed by atoms with Crippen molar-refractivity contribution >= 4 is 39.4 Å². The molecule has 0 atom stereocenters. The van der Waals surface area contributed by atoms with Gasteiger partial charge in [0.15, 0.2) is 11.6 Å². The van der Waals surface area contributed by atoms with E-state index in [0.29, 0.717) is 15.1 Å². The Balaban J connectivity index is 2.25. The number of carbonyl (C=O) groups is 1. The maximum Gasteiger partial charge on any atom is 0.319 e. The molecule has 2 rings (SSSR count). The molecule has 0 aliphatic carbocycles. The summed E-state index contributed by atoms with van der Waals surface area (Å²) in [5.74, 6) is -0.483. The van der Waals surface area contributed by atoms with Gasteiger partial charge in [0.25, 0.3) is 0 Å². The van der Waals surface area contributed by atoms with Crippen molar-refractivity contribution < 1.29 is 13.9 Å². The third kappa shape index (κ3) is 5.18. The van der Waals surface area contributed by atoms with Gasteiger partial charge >= 0.3 is 6.03 Å². The molecule has 6 nitrogen and oxygen atoms in total. The van der Waals surface area contributed by atoms with Crippen molar-refractivity contribution in [2.75, 3.05) is 7.05 Å². The summed E-state index contributed by atoms with van der Waals surface area (Å²) >= 11 is 9.18. The average Bonchev–Trinajstić information content (AvgIpc) is 2.62. The number of amidine groups is 1. The third-order valence-corrected chi connectivity index (χ3v) is 4.56. The van der Waals surface area contributed by atoms with E-state index in [4.69, 9.17) is 32.7 Å². The second kappa shape index (κ2) is 8.84. The molecule has 27 heavy (non-hydrogen) atoms. The molecule has 3 N–H and O–H groups in total. The number of primary amides is 1. The second-order valence-corrected chi connectivity index (χ2v) is 6.87. The summed E-state index contributed by atoms with van der Waals surface area (Å²) in [6, 6.07) is 8.76. The molecule has 0 heterocycles. The fourth-order valence-electron chi connectivity index (χ4n) is 2.22. The van der Waals surface area contributed by atoms with E-state index in [1.54, 1.807) is 12.1 Å². The zero-order chi connectivity index (χ0) is 20.1. The van der Waals surface area contributed by atoms with Crippen LogP contribution in [0, 0.1) is 22.6 Å². The summed E-state index contributed by atoms with van der Waals surface area (Å²) in [7, 11) is 1.38. The van der Waals surface area contributed by atoms with Crippen molar-refractivity contribution in [3.8, 4) is 17.6 Å². The molecular weight excluding hydrogens is 439 g/mol. The Morgan fingerprint density at radius 3 is 2.78 bits per heavy atom. The molecule has 0 radical (unpaired) electrons. The lowest BCUT2D eigenvalue weighted by molar-refractivity contribution is 0.235. The predicted octanol–water partition coefficient (Wildman–Crippen LogP) is 4.83. The fourth-order valence-corrected chi connectivity index (χ4v) is 2.83. The molecule has 0 bridgehead atoms. The van der Waals surface area contributed by atoms with Crippen LogP contribution in [-0.4, -0.2) is 23.8 Å². The van der Waals surface area contributed by atoms with Gasteiger partial charge in [0, 0.05) is 18.5 Å². The van der Waals surface area contributed by atoms with Crippen molar-refractivity contribution in [2.45, 2.75) is 12.8 Å². The van der Waals surface area contributed by atoms with Gasteiger partial charge in [0.05, 0.1) is 16.1 Å². The summed E-state index contributed by atoms with van der Waals surface area (Å²) in [4.78, 5) is 12.1. The van der Waals surface area contributed by atoms with Crippen molar-refractivity contribution in [2.24, 2.45) is 5.73 Å². The van der Waals surface area contributed by atoms with Gasteiger partial charge in [-0.3, -0.25) is 10.3 Å². The van der Waals surface area contributed by atoms with Gasteiger partial charge in [0.2, 0.25) is 0 Å². The molecule has 0 aliphatic heterocycles. The Labute approximate surface area is 168 Å². The van der Waals surface area contributed by atoms with Gasteiger partial charge in [-0.1, -0.05) is 17.7 Å². The predicted molar refractivity (Wildman–Crippen MR) is 104 cm³/mol. The van der Waals surface area contributed by atoms with Gasteiger partial charge in [-0.25, -0.2) is 9.18 Å². The Morgan fingerprint density at radius 2 is 2.15 bits per heavy atom. The largest absolute Gasteiger partial charge is 0.453 e. The normalized spacial score (nSPS) is 10.2. The van der Waals surface area contributed by atoms with Crippen LogP contribution >= 0.6 is 27.5 Å². The Kier molecular flexibility index (Phi) is 6.77. The number of carbonyl (C=O) groups excluding carboxylic acids is 1. The second-order valence-electron chi connectivity index (χ2n) is 5.58. The quantitative estimate of drug-likeness (QED) is 0.501. The van der Waals surface area contributed by atoms with Crippen LogP contribution in [0.3, 0.4) is 0 Å². The van der Waals surface area contributed by atoms with E-state index in [-0.39, 0.29) is 35.7 Å². The number of aryl methyl sites for hydroxylation is 1. The third-order valence-electron chi connectivity index (χ3n) is 3.72. The molecular formula is C18H15BrClFN4O2. The van der Waals surface area contributed by atoms with E-state index in [2.05, 4.69) is 15.9 Å². The number of hydrogen-bond donors (Lipinski definition) is 2. The molecule has 0 aromatic heterocycles. The van der Waals surface area contributed by atoms with Crippen LogP contribution in [0.5, 0.6) is 11.5 Å². The van der Waals surface area contributed by atoms with E-state index in [0.717, 1.165) is 4.90 Å². The number of urea groups is 1. The summed E-state index contributed by atoms with van der Waals surface area (Å²) < 4.78 is 20.9. The molecule has 2 amide bonds. The molecule has 0 saturated carbocycles. The summed E-state index contributed by atoms with van der Waals surface area (Å²) in [5.41, 5.74) is 5.70. The first-order valence-corrected chi connectivity index (χ1v) is 8.86. The molecule has 0 unspecified atom stereocenters. The Hall–Kier alpha value is -2.63. The smallest absolute Gasteiger partial charge is 0.319 e. The Morgan fingerprint density at radius 1 is 1.44 bits per heavy atom. The highest BCUT2D eigenvalue weighted by Gasteiger charge is 2.17. The van der Waals surface area contributed by atoms with E-state index >= 15 is 0 Å². The SMILES string of the molecule is CN(C(=N)CCc1ccc(Br)c(Oc2cc(Cl)cc(C#N)c2)c1F)C(N)=O. The number of nitrogens with two attached hydrogens (primary N) is 1. The number of nitriles is 1. The van der Waals surface area contributed by atoms with Gasteiger partial charge < -0.3 is 10.5 Å². The number of halogens is 3. The molecule has 140 valence electrons. The fraction of sp³-hybridized carbons (Fsp3) is 0.167. The number of benzene rings is 2. The lowest BCUT2D eigenvalue weighted by Crippen LogP contribution is -2.37. The minimum absolute atomic E-state index is 0.0270. The number of hydrogen-bond acceptors (Lipinski definition) is 4. The minimum atomic E-state index is -0.755. The zero-order valence-electron chi connectivity index (χ0n) is 14.2. The van der Waals surface area contributed by atoms with Crippen LogP contribution in [0.2, 0.25) is 5.02 Å². The molecule has 0 fully saturated rings. The highest BCUT2D eigenvalue weighted by molar-refractivity contribution is 9.10. The van der Waals surface area contributed by atoms with Gasteiger partial charge in [-0.15, -0.1) is 0 Å². The zero-order valence-corrected chi connectivity index (χ0v) is 16.6. The highest BCUT2D eigenvalue weighted by atomic mass is 79.9. The van der Waals surface area contributed by atoms with Crippen molar-refractivity contribution in [3.05, 3.63) is 56.8 Å². The van der Waals surface area contributed by atoms with Gasteiger partial charge in [-0.05, 0) is 52.2 Å². The molecule has 2 aromatic rings. The number of rotatable bonds is 5. The Bertz CT molecular complexity index is 946. The van der Waals surface area contributed by atoms with E-state index in [1.165, 1.54) is 25.2 Å². The maximum absolute atomic E-state index is 14.9. The number of nitrogens with zero attached hydrogens (tertiary/aromatic N) is 2. The molecule has 0 aliphatic rings. The number of nitrogens with one attached hydrogen (secondary N) is 1. The first-order chi connectivity index (χ1) is 12.7. The van der Waals surface area contributed by atoms with Gasteiger partial charge in [-0.2, -0.15) is 5.26 Å². The highest BCUT2D eigenvalue weighted by Crippen LogP contribution is 2.35. The minimum Gasteiger partial charge on any atom is -0.453 e. The lowest BCUT2D eigenvalue weighted by Gasteiger charge is -2.16. The molecule has 9 heteroatoms. The first kappa shape index (κ1) is 20.7. The lowest BCUT2D eigenvalue weighted by atomic mass is 10.1. The first-order valence-electron chi connectivity index (χ1n) is 7.69. The average molecular weight is 454 g/mol. The number of ether oxygens (including phenoxy) is 1. The number of amides is 2. The van der Waals surface area contributed by atoms with E-state index < -0.39 is 11.8 Å². The summed E-state index contributed by atoms with van der Waals surface area (Å²) in [5, 5.41) is 17.1. The summed E-state index contributed by atoms with van der Waals surface area (Å²) in [6.45, 7) is 0. The standard InChI is InChI=1S/C18H15BrClFN4O2/c1-25(18(24)26)15(23)5-3-11-2-4-14(19)17(16(11)21)27-13-7-10(9-22)6-12(20)8-13/h2,4,6-8,23H,3,5H2,1H3,(H2,24,26). The van der Waals surface area contributed by atoms with Crippen molar-refractivity contribution in [1.82, 2.24) is 4.90 Å². The van der Waals surface area contributed by atoms with Crippen LogP contribution in [0.4, 0.5) is 9.18 Å². The van der Waals surface area contributed by atoms with E-state index in [9.17, 15) is 9.18 Å². The van der Waals surface area contributed by atoms with Crippen LogP contribution in [0.15, 0.2) is 34.8 Å². The summed E-state index contributed by atoms with van der Waals surface area (Å²) in [6.07, 6.45) is 0.290. The molecule has 2 aromatic carbocycles. The molecule has 0 saturated heterocycles. The van der Waals surface area contributed by atoms with Crippen molar-refractivity contribution in [1.29, 1.82) is 10.7 Å². The van der Waals surface area contributed by atoms with Crippen LogP contribution in [0.1, 0.15) is 17.5 Å². The molecule has 0 spiro atoms. The van der Waals surface area contributed by atoms with Gasteiger partial charge in [0.1, 0.15) is 11.6 Å².